The van der Waals surface area contributed by atoms with Crippen molar-refractivity contribution >= 4 is 50.5 Å². The van der Waals surface area contributed by atoms with E-state index in [-0.39, 0.29) is 11.3 Å². The van der Waals surface area contributed by atoms with Crippen molar-refractivity contribution in [3.8, 4) is 0 Å². The largest absolute Gasteiger partial charge is 0.369 e. The Morgan fingerprint density at radius 1 is 1.29 bits per heavy atom. The summed E-state index contributed by atoms with van der Waals surface area (Å²) < 4.78 is 21.9. The van der Waals surface area contributed by atoms with Gasteiger partial charge in [-0.2, -0.15) is 0 Å². The van der Waals surface area contributed by atoms with Gasteiger partial charge in [0.05, 0.1) is 10.6 Å². The Morgan fingerprint density at radius 3 is 2.29 bits per heavy atom. The molecule has 5 nitrogen and oxygen atoms in total. The van der Waals surface area contributed by atoms with Crippen molar-refractivity contribution in [3.05, 3.63) is 29.8 Å². The molecule has 2 N–H and O–H groups in total. The molecular weight excluding hydrogens is 361 g/mol. The zero-order valence-electron chi connectivity index (χ0n) is 11.0. The first-order valence-corrected chi connectivity index (χ1v) is 8.64. The third-order valence-electron chi connectivity index (χ3n) is 2.59. The van der Waals surface area contributed by atoms with Crippen LogP contribution in [0.15, 0.2) is 29.2 Å². The minimum Gasteiger partial charge on any atom is -0.369 e. The summed E-state index contributed by atoms with van der Waals surface area (Å²) in [4.78, 5) is 11.6. The van der Waals surface area contributed by atoms with Crippen molar-refractivity contribution < 1.29 is 18.3 Å². The van der Waals surface area contributed by atoms with Crippen LogP contribution in [0.4, 0.5) is 0 Å². The van der Waals surface area contributed by atoms with Crippen LogP contribution >= 0.6 is 34.8 Å². The van der Waals surface area contributed by atoms with E-state index in [1.165, 1.54) is 12.1 Å². The average Bonchev–Trinajstić information content (AvgIpc) is 2.36. The molecule has 0 bridgehead atoms. The number of aliphatic hydroxyl groups excluding tert-OH is 1. The Kier molecular flexibility index (Phi) is 6.31. The van der Waals surface area contributed by atoms with Crippen LogP contribution in [0.2, 0.25) is 0 Å². The van der Waals surface area contributed by atoms with Crippen LogP contribution in [0.25, 0.3) is 0 Å². The second-order valence-electron chi connectivity index (χ2n) is 4.39. The number of aliphatic hydroxyl groups is 1. The number of sulfone groups is 1. The van der Waals surface area contributed by atoms with Gasteiger partial charge >= 0.3 is 0 Å². The van der Waals surface area contributed by atoms with E-state index in [0.717, 1.165) is 5.56 Å². The Bertz CT molecular complexity index is 596. The van der Waals surface area contributed by atoms with E-state index in [1.54, 1.807) is 12.1 Å². The Labute approximate surface area is 138 Å². The summed E-state index contributed by atoms with van der Waals surface area (Å²) in [7, 11) is -3.58. The van der Waals surface area contributed by atoms with Crippen LogP contribution in [0.3, 0.4) is 0 Å². The molecule has 0 heterocycles. The van der Waals surface area contributed by atoms with Gasteiger partial charge in [0, 0.05) is 6.42 Å². The molecule has 0 aliphatic heterocycles. The third kappa shape index (κ3) is 6.00. The third-order valence-corrected chi connectivity index (χ3v) is 4.94. The fraction of sp³-hybridized carbons (Fsp3) is 0.417. The summed E-state index contributed by atoms with van der Waals surface area (Å²) >= 11 is 16.1. The van der Waals surface area contributed by atoms with E-state index < -0.39 is 31.5 Å². The fourth-order valence-electron chi connectivity index (χ4n) is 1.40. The standard InChI is InChI=1S/C12H14Cl3NO4S/c1-8-2-4-9(5-3-8)21(19,20)7-6-10(17)16-11(18)12(13,14)15/h2-5,11,18H,6-7H2,1H3,(H,16,17)/t11-/m1/s1. The van der Waals surface area contributed by atoms with Gasteiger partial charge in [-0.05, 0) is 19.1 Å². The molecule has 0 spiro atoms. The predicted molar refractivity (Wildman–Crippen MR) is 82.3 cm³/mol. The van der Waals surface area contributed by atoms with Crippen LogP contribution in [0, 0.1) is 6.92 Å². The topological polar surface area (TPSA) is 83.5 Å². The van der Waals surface area contributed by atoms with Crippen LogP contribution in [0.1, 0.15) is 12.0 Å². The summed E-state index contributed by atoms with van der Waals surface area (Å²) in [5.74, 6) is -1.14. The zero-order chi connectivity index (χ0) is 16.3. The van der Waals surface area contributed by atoms with E-state index in [9.17, 15) is 18.3 Å². The number of halogens is 3. The molecule has 1 amide bonds. The van der Waals surface area contributed by atoms with Crippen molar-refractivity contribution in [2.24, 2.45) is 0 Å². The quantitative estimate of drug-likeness (QED) is 0.609. The van der Waals surface area contributed by atoms with Crippen LogP contribution < -0.4 is 5.32 Å². The smallest absolute Gasteiger partial charge is 0.234 e. The number of hydrogen-bond donors (Lipinski definition) is 2. The Balaban J connectivity index is 2.62. The van der Waals surface area contributed by atoms with E-state index >= 15 is 0 Å². The first-order chi connectivity index (χ1) is 9.52. The van der Waals surface area contributed by atoms with Gasteiger partial charge in [-0.15, -0.1) is 0 Å². The molecule has 0 aliphatic rings. The highest BCUT2D eigenvalue weighted by Crippen LogP contribution is 2.28. The maximum atomic E-state index is 12.0. The molecule has 21 heavy (non-hydrogen) atoms. The van der Waals surface area contributed by atoms with E-state index in [4.69, 9.17) is 34.8 Å². The second-order valence-corrected chi connectivity index (χ2v) is 8.87. The van der Waals surface area contributed by atoms with E-state index in [2.05, 4.69) is 0 Å². The van der Waals surface area contributed by atoms with Crippen LogP contribution in [0.5, 0.6) is 0 Å². The highest BCUT2D eigenvalue weighted by Gasteiger charge is 2.32. The molecule has 9 heteroatoms. The molecule has 1 rings (SSSR count). The maximum absolute atomic E-state index is 12.0. The van der Waals surface area contributed by atoms with Gasteiger partial charge in [0.2, 0.25) is 9.70 Å². The van der Waals surface area contributed by atoms with Gasteiger partial charge in [0.25, 0.3) is 0 Å². The normalized spacial score (nSPS) is 13.8. The number of rotatable bonds is 5. The lowest BCUT2D eigenvalue weighted by molar-refractivity contribution is -0.123. The Morgan fingerprint density at radius 2 is 1.81 bits per heavy atom. The lowest BCUT2D eigenvalue weighted by Crippen LogP contribution is -2.43. The van der Waals surface area contributed by atoms with Gasteiger partial charge in [-0.1, -0.05) is 52.5 Å². The Hall–Kier alpha value is -0.530. The summed E-state index contributed by atoms with van der Waals surface area (Å²) in [6, 6.07) is 6.27. The molecule has 1 atom stereocenters. The average molecular weight is 375 g/mol. The number of aryl methyl sites for hydroxylation is 1. The van der Waals surface area contributed by atoms with Crippen molar-refractivity contribution in [3.63, 3.8) is 0 Å². The molecule has 118 valence electrons. The summed E-state index contributed by atoms with van der Waals surface area (Å²) in [6.07, 6.45) is -2.06. The second kappa shape index (κ2) is 7.15. The molecule has 0 aromatic heterocycles. The highest BCUT2D eigenvalue weighted by atomic mass is 35.6. The molecule has 0 aliphatic carbocycles. The SMILES string of the molecule is Cc1ccc(S(=O)(=O)CCC(=O)N[C@H](O)C(Cl)(Cl)Cl)cc1. The molecule has 1 aromatic rings. The number of carbonyl (C=O) groups excluding carboxylic acids is 1. The first-order valence-electron chi connectivity index (χ1n) is 5.86. The number of amides is 1. The van der Waals surface area contributed by atoms with E-state index in [0.29, 0.717) is 0 Å². The van der Waals surface area contributed by atoms with Gasteiger partial charge in [-0.25, -0.2) is 8.42 Å². The molecule has 0 saturated heterocycles. The number of hydrogen-bond acceptors (Lipinski definition) is 4. The van der Waals surface area contributed by atoms with Crippen molar-refractivity contribution in [1.29, 1.82) is 0 Å². The monoisotopic (exact) mass is 373 g/mol. The fourth-order valence-corrected chi connectivity index (χ4v) is 2.80. The maximum Gasteiger partial charge on any atom is 0.234 e. The van der Waals surface area contributed by atoms with Crippen LogP contribution in [-0.4, -0.2) is 35.2 Å². The number of nitrogens with one attached hydrogen (secondary N) is 1. The van der Waals surface area contributed by atoms with Gasteiger partial charge in [-0.3, -0.25) is 4.79 Å². The van der Waals surface area contributed by atoms with Crippen molar-refractivity contribution in [1.82, 2.24) is 5.32 Å². The molecule has 0 unspecified atom stereocenters. The predicted octanol–water partition coefficient (Wildman–Crippen LogP) is 1.96. The van der Waals surface area contributed by atoms with E-state index in [1.807, 2.05) is 12.2 Å². The molecule has 0 fully saturated rings. The summed E-state index contributed by atoms with van der Waals surface area (Å²) in [5, 5.41) is 11.4. The first kappa shape index (κ1) is 18.5. The van der Waals surface area contributed by atoms with Crippen molar-refractivity contribution in [2.45, 2.75) is 28.3 Å². The number of alkyl halides is 3. The molecule has 0 radical (unpaired) electrons. The number of carbonyl (C=O) groups is 1. The summed E-state index contributed by atoms with van der Waals surface area (Å²) in [6.45, 7) is 1.84. The summed E-state index contributed by atoms with van der Waals surface area (Å²) in [5.41, 5.74) is 0.928. The number of benzene rings is 1. The van der Waals surface area contributed by atoms with Gasteiger partial charge in [0.1, 0.15) is 0 Å². The lowest BCUT2D eigenvalue weighted by Gasteiger charge is -2.19. The minimum atomic E-state index is -3.58. The minimum absolute atomic E-state index is 0.128. The van der Waals surface area contributed by atoms with Crippen LogP contribution in [-0.2, 0) is 14.6 Å². The molecular formula is C12H14Cl3NO4S. The van der Waals surface area contributed by atoms with Crippen molar-refractivity contribution in [2.75, 3.05) is 5.75 Å². The molecule has 1 aromatic carbocycles. The zero-order valence-corrected chi connectivity index (χ0v) is 14.1. The molecule has 0 saturated carbocycles. The van der Waals surface area contributed by atoms with Gasteiger partial charge < -0.3 is 10.4 Å². The highest BCUT2D eigenvalue weighted by molar-refractivity contribution is 7.91. The van der Waals surface area contributed by atoms with Gasteiger partial charge in [0.15, 0.2) is 16.1 Å². The lowest BCUT2D eigenvalue weighted by atomic mass is 10.2.